The van der Waals surface area contributed by atoms with E-state index >= 15 is 0 Å². The molecule has 1 N–H and O–H groups in total. The smallest absolute Gasteiger partial charge is 0.304 e. The minimum Gasteiger partial charge on any atom is -0.481 e. The van der Waals surface area contributed by atoms with Crippen LogP contribution in [0.4, 0.5) is 0 Å². The maximum absolute atomic E-state index is 10.3. The van der Waals surface area contributed by atoms with E-state index in [0.717, 1.165) is 19.4 Å². The molecule has 3 heteroatoms. The number of carboxylic acids is 1. The maximum Gasteiger partial charge on any atom is 0.304 e. The number of hydrogen-bond acceptors (Lipinski definition) is 2. The van der Waals surface area contributed by atoms with Crippen LogP contribution in [0.3, 0.4) is 0 Å². The highest BCUT2D eigenvalue weighted by molar-refractivity contribution is 5.66. The Morgan fingerprint density at radius 2 is 1.83 bits per heavy atom. The predicted octanol–water partition coefficient (Wildman–Crippen LogP) is 1.33. The first-order valence-corrected chi connectivity index (χ1v) is 4.68. The van der Waals surface area contributed by atoms with Crippen LogP contribution in [0.1, 0.15) is 33.1 Å². The van der Waals surface area contributed by atoms with Gasteiger partial charge in [0.15, 0.2) is 0 Å². The van der Waals surface area contributed by atoms with Crippen molar-refractivity contribution in [3.05, 3.63) is 0 Å². The number of carbonyl (C=O) groups is 1. The average Bonchev–Trinajstić information content (AvgIpc) is 2.73. The molecule has 1 saturated heterocycles. The summed E-state index contributed by atoms with van der Waals surface area (Å²) in [5, 5.41) is 8.48. The molecule has 0 aromatic carbocycles. The van der Waals surface area contributed by atoms with Crippen LogP contribution in [-0.4, -0.2) is 34.6 Å². The lowest BCUT2D eigenvalue weighted by molar-refractivity contribution is -0.137. The van der Waals surface area contributed by atoms with Gasteiger partial charge in [0, 0.05) is 18.6 Å². The van der Waals surface area contributed by atoms with Crippen LogP contribution in [0.5, 0.6) is 0 Å². The molecule has 0 amide bonds. The van der Waals surface area contributed by atoms with Gasteiger partial charge in [-0.3, -0.25) is 9.69 Å². The second kappa shape index (κ2) is 3.90. The van der Waals surface area contributed by atoms with E-state index in [1.807, 2.05) is 0 Å². The molecular formula is C9H17NO2. The van der Waals surface area contributed by atoms with Crippen LogP contribution >= 0.6 is 0 Å². The number of aliphatic carboxylic acids is 1. The Balaban J connectivity index is 2.22. The molecule has 1 aliphatic heterocycles. The standard InChI is InChI=1S/C9H17NO2/c1-3-7-8(4-2)10(7)6-5-9(11)12/h7-8H,3-6H2,1-2H3,(H,11,12). The van der Waals surface area contributed by atoms with E-state index in [0.29, 0.717) is 12.1 Å². The van der Waals surface area contributed by atoms with E-state index in [1.54, 1.807) is 0 Å². The van der Waals surface area contributed by atoms with Crippen molar-refractivity contribution in [3.8, 4) is 0 Å². The topological polar surface area (TPSA) is 40.3 Å². The molecule has 0 aliphatic carbocycles. The van der Waals surface area contributed by atoms with Gasteiger partial charge >= 0.3 is 5.97 Å². The Morgan fingerprint density at radius 1 is 1.33 bits per heavy atom. The maximum atomic E-state index is 10.3. The summed E-state index contributed by atoms with van der Waals surface area (Å²) in [6.07, 6.45) is 2.59. The third-order valence-electron chi connectivity index (χ3n) is 2.63. The zero-order valence-electron chi connectivity index (χ0n) is 7.79. The Bertz CT molecular complexity index is 160. The molecule has 0 saturated carbocycles. The Morgan fingerprint density at radius 3 is 2.17 bits per heavy atom. The van der Waals surface area contributed by atoms with E-state index in [2.05, 4.69) is 18.7 Å². The monoisotopic (exact) mass is 171 g/mol. The van der Waals surface area contributed by atoms with Crippen molar-refractivity contribution in [1.82, 2.24) is 4.90 Å². The molecule has 12 heavy (non-hydrogen) atoms. The van der Waals surface area contributed by atoms with Crippen LogP contribution in [-0.2, 0) is 4.79 Å². The molecular weight excluding hydrogens is 154 g/mol. The van der Waals surface area contributed by atoms with Gasteiger partial charge in [0.2, 0.25) is 0 Å². The van der Waals surface area contributed by atoms with Crippen molar-refractivity contribution in [2.24, 2.45) is 0 Å². The van der Waals surface area contributed by atoms with Crippen molar-refractivity contribution in [1.29, 1.82) is 0 Å². The molecule has 0 aromatic rings. The summed E-state index contributed by atoms with van der Waals surface area (Å²) < 4.78 is 0. The highest BCUT2D eigenvalue weighted by Gasteiger charge is 2.43. The summed E-state index contributed by atoms with van der Waals surface area (Å²) in [5.41, 5.74) is 0. The minimum atomic E-state index is -0.688. The van der Waals surface area contributed by atoms with Crippen molar-refractivity contribution in [2.75, 3.05) is 6.54 Å². The number of rotatable bonds is 5. The fourth-order valence-corrected chi connectivity index (χ4v) is 1.96. The molecule has 2 atom stereocenters. The first kappa shape index (κ1) is 9.52. The first-order chi connectivity index (χ1) is 5.70. The lowest BCUT2D eigenvalue weighted by Crippen LogP contribution is -2.09. The third-order valence-corrected chi connectivity index (χ3v) is 2.63. The van der Waals surface area contributed by atoms with Gasteiger partial charge in [0.25, 0.3) is 0 Å². The molecule has 1 aliphatic rings. The highest BCUT2D eigenvalue weighted by Crippen LogP contribution is 2.32. The van der Waals surface area contributed by atoms with E-state index in [9.17, 15) is 4.79 Å². The lowest BCUT2D eigenvalue weighted by Gasteiger charge is -1.98. The molecule has 70 valence electrons. The summed E-state index contributed by atoms with van der Waals surface area (Å²) >= 11 is 0. The van der Waals surface area contributed by atoms with Crippen LogP contribution in [0.2, 0.25) is 0 Å². The molecule has 1 rings (SSSR count). The summed E-state index contributed by atoms with van der Waals surface area (Å²) in [6.45, 7) is 5.05. The van der Waals surface area contributed by atoms with Crippen molar-refractivity contribution in [3.63, 3.8) is 0 Å². The minimum absolute atomic E-state index is 0.285. The first-order valence-electron chi connectivity index (χ1n) is 4.68. The Hall–Kier alpha value is -0.570. The van der Waals surface area contributed by atoms with Gasteiger partial charge in [-0.25, -0.2) is 0 Å². The number of nitrogens with zero attached hydrogens (tertiary/aromatic N) is 1. The van der Waals surface area contributed by atoms with Gasteiger partial charge in [-0.1, -0.05) is 13.8 Å². The van der Waals surface area contributed by atoms with E-state index < -0.39 is 5.97 Å². The Labute approximate surface area is 73.4 Å². The zero-order valence-corrected chi connectivity index (χ0v) is 7.79. The fourth-order valence-electron chi connectivity index (χ4n) is 1.96. The summed E-state index contributed by atoms with van der Waals surface area (Å²) in [4.78, 5) is 12.6. The van der Waals surface area contributed by atoms with Crippen molar-refractivity contribution in [2.45, 2.75) is 45.2 Å². The number of hydrogen-bond donors (Lipinski definition) is 1. The lowest BCUT2D eigenvalue weighted by atomic mass is 10.2. The Kier molecular flexibility index (Phi) is 3.09. The average molecular weight is 171 g/mol. The van der Waals surface area contributed by atoms with Crippen molar-refractivity contribution < 1.29 is 9.90 Å². The van der Waals surface area contributed by atoms with Gasteiger partial charge < -0.3 is 5.11 Å². The van der Waals surface area contributed by atoms with Crippen LogP contribution in [0, 0.1) is 0 Å². The predicted molar refractivity (Wildman–Crippen MR) is 47.1 cm³/mol. The third kappa shape index (κ3) is 1.97. The fraction of sp³-hybridized carbons (Fsp3) is 0.889. The summed E-state index contributed by atoms with van der Waals surface area (Å²) in [7, 11) is 0. The molecule has 2 unspecified atom stereocenters. The largest absolute Gasteiger partial charge is 0.481 e. The number of carboxylic acid groups (broad SMARTS) is 1. The van der Waals surface area contributed by atoms with Gasteiger partial charge in [-0.2, -0.15) is 0 Å². The van der Waals surface area contributed by atoms with Crippen LogP contribution in [0.25, 0.3) is 0 Å². The van der Waals surface area contributed by atoms with Crippen LogP contribution in [0.15, 0.2) is 0 Å². The molecule has 1 heterocycles. The summed E-state index contributed by atoms with van der Waals surface area (Å²) in [6, 6.07) is 1.32. The molecule has 3 nitrogen and oxygen atoms in total. The second-order valence-corrected chi connectivity index (χ2v) is 3.33. The molecule has 0 radical (unpaired) electrons. The SMILES string of the molecule is CCC1C(CC)N1CCC(=O)O. The van der Waals surface area contributed by atoms with E-state index in [4.69, 9.17) is 5.11 Å². The molecule has 0 bridgehead atoms. The quantitative estimate of drug-likeness (QED) is 0.634. The van der Waals surface area contributed by atoms with Crippen LogP contribution < -0.4 is 0 Å². The molecule has 0 spiro atoms. The molecule has 1 fully saturated rings. The summed E-state index contributed by atoms with van der Waals surface area (Å²) in [5.74, 6) is -0.688. The van der Waals surface area contributed by atoms with Gasteiger partial charge in [-0.15, -0.1) is 0 Å². The molecule has 0 aromatic heterocycles. The van der Waals surface area contributed by atoms with E-state index in [-0.39, 0.29) is 6.42 Å². The highest BCUT2D eigenvalue weighted by atomic mass is 16.4. The zero-order chi connectivity index (χ0) is 9.14. The van der Waals surface area contributed by atoms with Gasteiger partial charge in [0.05, 0.1) is 6.42 Å². The van der Waals surface area contributed by atoms with Gasteiger partial charge in [-0.05, 0) is 12.8 Å². The van der Waals surface area contributed by atoms with Crippen molar-refractivity contribution >= 4 is 5.97 Å². The second-order valence-electron chi connectivity index (χ2n) is 3.33. The van der Waals surface area contributed by atoms with E-state index in [1.165, 1.54) is 0 Å². The normalized spacial score (nSPS) is 33.3. The van der Waals surface area contributed by atoms with Gasteiger partial charge in [0.1, 0.15) is 0 Å².